The zero-order valence-corrected chi connectivity index (χ0v) is 5.92. The molecule has 1 rings (SSSR count). The first-order valence-corrected chi connectivity index (χ1v) is 2.24. The summed E-state index contributed by atoms with van der Waals surface area (Å²) in [6.45, 7) is 1.97. The van der Waals surface area contributed by atoms with Gasteiger partial charge < -0.3 is 4.57 Å². The molecule has 1 heterocycles. The molecule has 0 aliphatic carbocycles. The van der Waals surface area contributed by atoms with Gasteiger partial charge in [-0.1, -0.05) is 0 Å². The van der Waals surface area contributed by atoms with E-state index in [0.717, 1.165) is 5.82 Å². The van der Waals surface area contributed by atoms with E-state index in [4.69, 9.17) is 0 Å². The van der Waals surface area contributed by atoms with E-state index in [1.807, 2.05) is 24.7 Å². The number of aromatic nitrogens is 2. The van der Waals surface area contributed by atoms with Crippen LogP contribution in [0.25, 0.3) is 0 Å². The molecule has 0 atom stereocenters. The van der Waals surface area contributed by atoms with Gasteiger partial charge in [-0.25, -0.2) is 4.98 Å². The molecule has 0 bridgehead atoms. The predicted octanol–water partition coefficient (Wildman–Crippen LogP) is 0.726. The molecule has 1 aromatic rings. The van der Waals surface area contributed by atoms with E-state index in [1.54, 1.807) is 6.20 Å². The van der Waals surface area contributed by atoms with Crippen LogP contribution in [0.5, 0.6) is 0 Å². The Hall–Kier alpha value is -0.284. The minimum atomic E-state index is 0. The third-order valence-electron chi connectivity index (χ3n) is 1.06. The number of nitrogens with zero attached hydrogens (tertiary/aromatic N) is 2. The topological polar surface area (TPSA) is 17.8 Å². The molecule has 8 heavy (non-hydrogen) atoms. The van der Waals surface area contributed by atoms with Crippen molar-refractivity contribution >= 4 is 0 Å². The molecule has 0 amide bonds. The Labute approximate surface area is 59.1 Å². The van der Waals surface area contributed by atoms with Gasteiger partial charge in [0.1, 0.15) is 5.82 Å². The van der Waals surface area contributed by atoms with Crippen LogP contribution in [0.1, 0.15) is 5.82 Å². The zero-order chi connectivity index (χ0) is 5.28. The van der Waals surface area contributed by atoms with Crippen molar-refractivity contribution in [1.29, 1.82) is 0 Å². The fraction of sp³-hybridized carbons (Fsp3) is 0.400. The van der Waals surface area contributed by atoms with Crippen molar-refractivity contribution in [1.82, 2.24) is 9.55 Å². The number of imidazole rings is 1. The van der Waals surface area contributed by atoms with E-state index in [9.17, 15) is 0 Å². The predicted molar refractivity (Wildman–Crippen MR) is 27.9 cm³/mol. The van der Waals surface area contributed by atoms with Crippen LogP contribution in [-0.4, -0.2) is 9.55 Å². The molecule has 2 nitrogen and oxygen atoms in total. The van der Waals surface area contributed by atoms with Gasteiger partial charge in [0.15, 0.2) is 0 Å². The summed E-state index contributed by atoms with van der Waals surface area (Å²) in [6.07, 6.45) is 3.71. The van der Waals surface area contributed by atoms with Gasteiger partial charge in [0, 0.05) is 36.2 Å². The molecule has 0 spiro atoms. The summed E-state index contributed by atoms with van der Waals surface area (Å²) in [7, 11) is 1.97. The van der Waals surface area contributed by atoms with Gasteiger partial charge in [0.25, 0.3) is 0 Å². The van der Waals surface area contributed by atoms with Crippen LogP contribution in [0.2, 0.25) is 0 Å². The van der Waals surface area contributed by atoms with E-state index in [0.29, 0.717) is 0 Å². The van der Waals surface area contributed by atoms with Crippen molar-refractivity contribution in [3.05, 3.63) is 18.2 Å². The molecule has 0 aliphatic rings. The third-order valence-corrected chi connectivity index (χ3v) is 1.06. The number of rotatable bonds is 0. The van der Waals surface area contributed by atoms with Crippen molar-refractivity contribution in [3.8, 4) is 0 Å². The standard InChI is InChI=1S/C5H8N2.Co/c1-5-6-3-4-7(5)2;/h3-4H,1-2H3;. The number of hydrogen-bond acceptors (Lipinski definition) is 1. The van der Waals surface area contributed by atoms with E-state index in [1.165, 1.54) is 0 Å². The zero-order valence-electron chi connectivity index (χ0n) is 4.88. The summed E-state index contributed by atoms with van der Waals surface area (Å²) in [5.41, 5.74) is 0. The van der Waals surface area contributed by atoms with Crippen LogP contribution >= 0.6 is 0 Å². The second-order valence-electron chi connectivity index (χ2n) is 1.59. The Morgan fingerprint density at radius 3 is 2.38 bits per heavy atom. The summed E-state index contributed by atoms with van der Waals surface area (Å²) in [4.78, 5) is 3.98. The molecule has 0 aromatic carbocycles. The maximum atomic E-state index is 3.98. The molecule has 3 heteroatoms. The van der Waals surface area contributed by atoms with Gasteiger partial charge >= 0.3 is 0 Å². The van der Waals surface area contributed by atoms with Crippen molar-refractivity contribution in [2.75, 3.05) is 0 Å². The fourth-order valence-corrected chi connectivity index (χ4v) is 0.440. The third kappa shape index (κ3) is 1.35. The summed E-state index contributed by atoms with van der Waals surface area (Å²) < 4.78 is 1.97. The number of aryl methyl sites for hydroxylation is 2. The Morgan fingerprint density at radius 1 is 1.62 bits per heavy atom. The van der Waals surface area contributed by atoms with E-state index >= 15 is 0 Å². The molecule has 1 aromatic heterocycles. The molecule has 0 unspecified atom stereocenters. The van der Waals surface area contributed by atoms with Gasteiger partial charge in [-0.2, -0.15) is 0 Å². The van der Waals surface area contributed by atoms with Crippen LogP contribution in [0.4, 0.5) is 0 Å². The Kier molecular flexibility index (Phi) is 2.79. The van der Waals surface area contributed by atoms with Gasteiger partial charge in [-0.05, 0) is 6.92 Å². The van der Waals surface area contributed by atoms with Crippen molar-refractivity contribution < 1.29 is 16.8 Å². The number of hydrogen-bond donors (Lipinski definition) is 0. The van der Waals surface area contributed by atoms with Crippen molar-refractivity contribution in [2.24, 2.45) is 7.05 Å². The summed E-state index contributed by atoms with van der Waals surface area (Å²) >= 11 is 0. The quantitative estimate of drug-likeness (QED) is 0.539. The average molecular weight is 155 g/mol. The minimum Gasteiger partial charge on any atom is -0.338 e. The molecule has 0 fully saturated rings. The van der Waals surface area contributed by atoms with Crippen LogP contribution in [0.3, 0.4) is 0 Å². The van der Waals surface area contributed by atoms with Gasteiger partial charge in [0.2, 0.25) is 0 Å². The van der Waals surface area contributed by atoms with Gasteiger partial charge in [0.05, 0.1) is 0 Å². The maximum absolute atomic E-state index is 3.98. The Balaban J connectivity index is 0.000000490. The van der Waals surface area contributed by atoms with Gasteiger partial charge in [-0.15, -0.1) is 0 Å². The first-order valence-electron chi connectivity index (χ1n) is 2.24. The second-order valence-corrected chi connectivity index (χ2v) is 1.59. The fourth-order valence-electron chi connectivity index (χ4n) is 0.440. The SMILES string of the molecule is Cc1nccn1C.[Co]. The van der Waals surface area contributed by atoms with E-state index in [-0.39, 0.29) is 16.8 Å². The minimum absolute atomic E-state index is 0. The van der Waals surface area contributed by atoms with E-state index < -0.39 is 0 Å². The summed E-state index contributed by atoms with van der Waals surface area (Å²) in [5.74, 6) is 1.06. The first kappa shape index (κ1) is 7.72. The Bertz CT molecular complexity index is 143. The molecule has 1 radical (unpaired) electrons. The molecule has 0 aliphatic heterocycles. The molecular weight excluding hydrogens is 147 g/mol. The van der Waals surface area contributed by atoms with Crippen LogP contribution in [0, 0.1) is 6.92 Å². The van der Waals surface area contributed by atoms with Crippen LogP contribution < -0.4 is 0 Å². The Morgan fingerprint density at radius 2 is 2.25 bits per heavy atom. The van der Waals surface area contributed by atoms with Crippen LogP contribution in [0.15, 0.2) is 12.4 Å². The van der Waals surface area contributed by atoms with Crippen LogP contribution in [-0.2, 0) is 23.8 Å². The first-order chi connectivity index (χ1) is 3.30. The average Bonchev–Trinajstić information content (AvgIpc) is 1.91. The molecule has 0 N–H and O–H groups in total. The molecular formula is C5H8CoN2. The second kappa shape index (κ2) is 2.89. The maximum Gasteiger partial charge on any atom is 0.105 e. The smallest absolute Gasteiger partial charge is 0.105 e. The monoisotopic (exact) mass is 155 g/mol. The molecule has 0 saturated heterocycles. The normalized spacial score (nSPS) is 8.25. The summed E-state index contributed by atoms with van der Waals surface area (Å²) in [5, 5.41) is 0. The molecule has 47 valence electrons. The van der Waals surface area contributed by atoms with Gasteiger partial charge in [-0.3, -0.25) is 0 Å². The van der Waals surface area contributed by atoms with Crippen molar-refractivity contribution in [2.45, 2.75) is 6.92 Å². The largest absolute Gasteiger partial charge is 0.338 e. The molecule has 0 saturated carbocycles. The summed E-state index contributed by atoms with van der Waals surface area (Å²) in [6, 6.07) is 0. The van der Waals surface area contributed by atoms with E-state index in [2.05, 4.69) is 4.98 Å². The van der Waals surface area contributed by atoms with Crippen molar-refractivity contribution in [3.63, 3.8) is 0 Å².